The Morgan fingerprint density at radius 3 is 1.66 bits per heavy atom. The van der Waals surface area contributed by atoms with E-state index >= 15 is 0 Å². The minimum absolute atomic E-state index is 1.18. The van der Waals surface area contributed by atoms with Crippen molar-refractivity contribution in [2.24, 2.45) is 0 Å². The van der Waals surface area contributed by atoms with Gasteiger partial charge in [-0.1, -0.05) is 72.8 Å². The average molecular weight is 522 g/mol. The van der Waals surface area contributed by atoms with Crippen LogP contribution in [0, 0.1) is 0 Å². The molecule has 6 aromatic carbocycles. The zero-order chi connectivity index (χ0) is 26.7. The maximum atomic E-state index is 2.43. The molecule has 0 saturated carbocycles. The quantitative estimate of drug-likeness (QED) is 0.215. The minimum atomic E-state index is 1.18. The molecule has 0 unspecified atom stereocenters. The van der Waals surface area contributed by atoms with Gasteiger partial charge in [0.25, 0.3) is 0 Å². The number of hydrogen-bond acceptors (Lipinski definition) is 0. The van der Waals surface area contributed by atoms with Gasteiger partial charge in [-0.25, -0.2) is 0 Å². The zero-order valence-electron chi connectivity index (χ0n) is 22.1. The van der Waals surface area contributed by atoms with Gasteiger partial charge in [-0.15, -0.1) is 0 Å². The lowest BCUT2D eigenvalue weighted by Crippen LogP contribution is -1.93. The highest BCUT2D eigenvalue weighted by molar-refractivity contribution is 6.30. The first kappa shape index (κ1) is 21.3. The third kappa shape index (κ3) is 2.63. The minimum Gasteiger partial charge on any atom is -0.315 e. The molecule has 4 aromatic heterocycles. The lowest BCUT2D eigenvalue weighted by molar-refractivity contribution is 1.18. The molecule has 10 rings (SSSR count). The van der Waals surface area contributed by atoms with Gasteiger partial charge in [-0.05, 0) is 60.7 Å². The van der Waals surface area contributed by atoms with Crippen molar-refractivity contribution < 1.29 is 0 Å². The van der Waals surface area contributed by atoms with Crippen molar-refractivity contribution in [1.82, 2.24) is 13.5 Å². The summed E-state index contributed by atoms with van der Waals surface area (Å²) >= 11 is 0. The Labute approximate surface area is 235 Å². The van der Waals surface area contributed by atoms with Crippen LogP contribution < -0.4 is 0 Å². The summed E-state index contributed by atoms with van der Waals surface area (Å²) in [6.07, 6.45) is 2.26. The van der Waals surface area contributed by atoms with E-state index in [4.69, 9.17) is 0 Å². The molecular weight excluding hydrogens is 498 g/mol. The largest absolute Gasteiger partial charge is 0.315 e. The van der Waals surface area contributed by atoms with Gasteiger partial charge in [0.05, 0.1) is 33.1 Å². The molecule has 0 atom stereocenters. The van der Waals surface area contributed by atoms with Crippen molar-refractivity contribution in [2.45, 2.75) is 0 Å². The van der Waals surface area contributed by atoms with Crippen molar-refractivity contribution in [3.63, 3.8) is 0 Å². The van der Waals surface area contributed by atoms with E-state index in [-0.39, 0.29) is 0 Å². The third-order valence-electron chi connectivity index (χ3n) is 8.97. The SMILES string of the molecule is c1ccc(-n2c3ccccc3c3cc4c5cc6c(c7ccccc7n6-c6ccccc6)c6ccn(c4cc32)c56)cc1. The molecule has 190 valence electrons. The van der Waals surface area contributed by atoms with E-state index in [9.17, 15) is 0 Å². The van der Waals surface area contributed by atoms with E-state index in [1.165, 1.54) is 82.2 Å². The molecule has 0 spiro atoms. The summed E-state index contributed by atoms with van der Waals surface area (Å²) in [6.45, 7) is 0. The third-order valence-corrected chi connectivity index (χ3v) is 8.97. The molecule has 41 heavy (non-hydrogen) atoms. The fraction of sp³-hybridized carbons (Fsp3) is 0. The van der Waals surface area contributed by atoms with Gasteiger partial charge in [0, 0.05) is 55.3 Å². The molecule has 4 heterocycles. The Kier molecular flexibility index (Phi) is 3.93. The van der Waals surface area contributed by atoms with Crippen LogP contribution in [0.15, 0.2) is 140 Å². The number of fused-ring (bicyclic) bond motifs is 10. The molecule has 0 bridgehead atoms. The Bertz CT molecular complexity index is 2610. The van der Waals surface area contributed by atoms with Crippen molar-refractivity contribution in [1.29, 1.82) is 0 Å². The van der Waals surface area contributed by atoms with E-state index < -0.39 is 0 Å². The fourth-order valence-electron chi connectivity index (χ4n) is 7.33. The second-order valence-electron chi connectivity index (χ2n) is 11.0. The second kappa shape index (κ2) is 7.56. The lowest BCUT2D eigenvalue weighted by atomic mass is 10.0. The topological polar surface area (TPSA) is 14.3 Å². The molecular formula is C38H23N3. The summed E-state index contributed by atoms with van der Waals surface area (Å²) < 4.78 is 7.23. The molecule has 0 aliphatic heterocycles. The Morgan fingerprint density at radius 2 is 0.927 bits per heavy atom. The normalized spacial score (nSPS) is 12.4. The fourth-order valence-corrected chi connectivity index (χ4v) is 7.33. The number of nitrogens with zero attached hydrogens (tertiary/aromatic N) is 3. The first-order valence-electron chi connectivity index (χ1n) is 14.1. The van der Waals surface area contributed by atoms with Gasteiger partial charge in [-0.3, -0.25) is 0 Å². The predicted octanol–water partition coefficient (Wildman–Crippen LogP) is 9.88. The Hall–Kier alpha value is -5.54. The summed E-state index contributed by atoms with van der Waals surface area (Å²) in [6, 6.07) is 48.6. The molecule has 0 amide bonds. The second-order valence-corrected chi connectivity index (χ2v) is 11.0. The average Bonchev–Trinajstić information content (AvgIpc) is 3.77. The molecule has 0 aliphatic carbocycles. The van der Waals surface area contributed by atoms with Gasteiger partial charge < -0.3 is 13.5 Å². The number of aromatic nitrogens is 3. The van der Waals surface area contributed by atoms with Crippen LogP contribution in [0.4, 0.5) is 0 Å². The highest BCUT2D eigenvalue weighted by atomic mass is 15.0. The zero-order valence-corrected chi connectivity index (χ0v) is 22.1. The summed E-state index contributed by atoms with van der Waals surface area (Å²) in [5, 5.41) is 9.07. The van der Waals surface area contributed by atoms with Gasteiger partial charge in [0.15, 0.2) is 0 Å². The van der Waals surface area contributed by atoms with Crippen LogP contribution >= 0.6 is 0 Å². The molecule has 0 N–H and O–H groups in total. The number of para-hydroxylation sites is 4. The Morgan fingerprint density at radius 1 is 0.341 bits per heavy atom. The lowest BCUT2D eigenvalue weighted by Gasteiger charge is -2.08. The van der Waals surface area contributed by atoms with Crippen LogP contribution in [-0.4, -0.2) is 13.5 Å². The molecule has 0 radical (unpaired) electrons. The van der Waals surface area contributed by atoms with Gasteiger partial charge in [0.2, 0.25) is 0 Å². The summed E-state index contributed by atoms with van der Waals surface area (Å²) in [5.41, 5.74) is 9.85. The Balaban J connectivity index is 1.41. The number of rotatable bonds is 2. The van der Waals surface area contributed by atoms with E-state index in [1.807, 2.05) is 0 Å². The molecule has 10 aromatic rings. The smallest absolute Gasteiger partial charge is 0.0615 e. The predicted molar refractivity (Wildman–Crippen MR) is 172 cm³/mol. The maximum Gasteiger partial charge on any atom is 0.0615 e. The first-order valence-corrected chi connectivity index (χ1v) is 14.1. The molecule has 3 nitrogen and oxygen atoms in total. The van der Waals surface area contributed by atoms with Crippen LogP contribution in [-0.2, 0) is 0 Å². The van der Waals surface area contributed by atoms with E-state index in [1.54, 1.807) is 0 Å². The molecule has 3 heteroatoms. The number of hydrogen-bond donors (Lipinski definition) is 0. The highest BCUT2D eigenvalue weighted by Gasteiger charge is 2.22. The number of benzene rings is 6. The molecule has 0 aliphatic rings. The maximum absolute atomic E-state index is 2.43. The van der Waals surface area contributed by atoms with Crippen molar-refractivity contribution in [3.8, 4) is 11.4 Å². The van der Waals surface area contributed by atoms with Gasteiger partial charge in [-0.2, -0.15) is 0 Å². The highest BCUT2D eigenvalue weighted by Crippen LogP contribution is 2.44. The molecule has 0 saturated heterocycles. The van der Waals surface area contributed by atoms with E-state index in [0.29, 0.717) is 0 Å². The standard InChI is InChI=1S/C38H23N3/c1-3-11-24(12-4-1)40-32-17-9-7-15-26(32)29-21-30-31-22-36-37(28-19-20-39(38(28)31)34(30)23-35(29)40)27-16-8-10-18-33(27)41(36)25-13-5-2-6-14-25/h1-23H. The summed E-state index contributed by atoms with van der Waals surface area (Å²) in [4.78, 5) is 0. The summed E-state index contributed by atoms with van der Waals surface area (Å²) in [7, 11) is 0. The van der Waals surface area contributed by atoms with E-state index in [2.05, 4.69) is 153 Å². The van der Waals surface area contributed by atoms with Gasteiger partial charge in [0.1, 0.15) is 0 Å². The monoisotopic (exact) mass is 521 g/mol. The molecule has 0 fully saturated rings. The summed E-state index contributed by atoms with van der Waals surface area (Å²) in [5.74, 6) is 0. The first-order chi connectivity index (χ1) is 20.4. The van der Waals surface area contributed by atoms with Crippen molar-refractivity contribution >= 4 is 70.8 Å². The van der Waals surface area contributed by atoms with Crippen molar-refractivity contribution in [2.75, 3.05) is 0 Å². The van der Waals surface area contributed by atoms with E-state index in [0.717, 1.165) is 0 Å². The van der Waals surface area contributed by atoms with Crippen LogP contribution in [0.2, 0.25) is 0 Å². The van der Waals surface area contributed by atoms with Gasteiger partial charge >= 0.3 is 0 Å². The van der Waals surface area contributed by atoms with Crippen LogP contribution in [0.1, 0.15) is 0 Å². The van der Waals surface area contributed by atoms with Crippen LogP contribution in [0.25, 0.3) is 82.2 Å². The van der Waals surface area contributed by atoms with Crippen LogP contribution in [0.3, 0.4) is 0 Å². The van der Waals surface area contributed by atoms with Crippen LogP contribution in [0.5, 0.6) is 0 Å². The van der Waals surface area contributed by atoms with Crippen molar-refractivity contribution in [3.05, 3.63) is 140 Å².